The van der Waals surface area contributed by atoms with Gasteiger partial charge in [0, 0.05) is 35.2 Å². The second kappa shape index (κ2) is 7.20. The van der Waals surface area contributed by atoms with Crippen LogP contribution in [0.15, 0.2) is 48.7 Å². The Morgan fingerprint density at radius 2 is 2.00 bits per heavy atom. The van der Waals surface area contributed by atoms with Gasteiger partial charge >= 0.3 is 0 Å². The van der Waals surface area contributed by atoms with Crippen LogP contribution in [0.5, 0.6) is 0 Å². The van der Waals surface area contributed by atoms with Crippen molar-refractivity contribution in [2.45, 2.75) is 24.7 Å². The molecule has 1 aromatic carbocycles. The molecule has 4 heteroatoms. The van der Waals surface area contributed by atoms with Crippen LogP contribution in [0, 0.1) is 0 Å². The van der Waals surface area contributed by atoms with E-state index in [1.165, 1.54) is 0 Å². The highest BCUT2D eigenvalue weighted by molar-refractivity contribution is 9.08. The number of alkyl halides is 1. The molecule has 0 aliphatic carbocycles. The van der Waals surface area contributed by atoms with Gasteiger partial charge in [-0.15, -0.1) is 0 Å². The number of halogens is 1. The molecule has 1 unspecified atom stereocenters. The molecule has 1 aromatic heterocycles. The number of hydrogen-bond acceptors (Lipinski definition) is 2. The number of rotatable bonds is 5. The van der Waals surface area contributed by atoms with Gasteiger partial charge in [-0.1, -0.05) is 40.2 Å². The molecule has 0 saturated carbocycles. The predicted octanol–water partition coefficient (Wildman–Crippen LogP) is 3.34. The van der Waals surface area contributed by atoms with Crippen LogP contribution in [-0.4, -0.2) is 16.9 Å². The molecule has 2 aromatic rings. The summed E-state index contributed by atoms with van der Waals surface area (Å²) in [5.41, 5.74) is 2.70. The van der Waals surface area contributed by atoms with Gasteiger partial charge in [-0.2, -0.15) is 0 Å². The van der Waals surface area contributed by atoms with Crippen LogP contribution in [-0.2, 0) is 11.8 Å². The number of benzene rings is 1. The van der Waals surface area contributed by atoms with E-state index in [-0.39, 0.29) is 11.9 Å². The smallest absolute Gasteiger partial charge is 0.251 e. The second-order valence-electron chi connectivity index (χ2n) is 4.69. The Morgan fingerprint density at radius 3 is 2.70 bits per heavy atom. The monoisotopic (exact) mass is 332 g/mol. The summed E-state index contributed by atoms with van der Waals surface area (Å²) >= 11 is 3.41. The van der Waals surface area contributed by atoms with Crippen molar-refractivity contribution in [2.24, 2.45) is 0 Å². The van der Waals surface area contributed by atoms with Crippen molar-refractivity contribution >= 4 is 21.8 Å². The summed E-state index contributed by atoms with van der Waals surface area (Å²) in [4.78, 5) is 16.5. The Balaban J connectivity index is 2.00. The lowest BCUT2D eigenvalue weighted by Crippen LogP contribution is -2.34. The number of carbonyl (C=O) groups excluding carboxylic acids is 1. The Hall–Kier alpha value is -1.68. The lowest BCUT2D eigenvalue weighted by molar-refractivity contribution is 0.0939. The highest BCUT2D eigenvalue weighted by atomic mass is 79.9. The van der Waals surface area contributed by atoms with Gasteiger partial charge in [0.15, 0.2) is 0 Å². The summed E-state index contributed by atoms with van der Waals surface area (Å²) in [6.45, 7) is 1.99. The number of carbonyl (C=O) groups is 1. The van der Waals surface area contributed by atoms with Crippen LogP contribution in [0.1, 0.15) is 28.5 Å². The van der Waals surface area contributed by atoms with Gasteiger partial charge in [-0.3, -0.25) is 9.78 Å². The maximum absolute atomic E-state index is 12.3. The topological polar surface area (TPSA) is 42.0 Å². The third-order valence-corrected chi connectivity index (χ3v) is 3.63. The van der Waals surface area contributed by atoms with Crippen molar-refractivity contribution in [1.82, 2.24) is 10.3 Å². The largest absolute Gasteiger partial charge is 0.349 e. The van der Waals surface area contributed by atoms with Gasteiger partial charge < -0.3 is 5.32 Å². The summed E-state index contributed by atoms with van der Waals surface area (Å²) in [6.07, 6.45) is 2.49. The van der Waals surface area contributed by atoms with Gasteiger partial charge in [0.25, 0.3) is 5.91 Å². The molecule has 0 bridgehead atoms. The molecule has 104 valence electrons. The van der Waals surface area contributed by atoms with Crippen molar-refractivity contribution in [1.29, 1.82) is 0 Å². The SMILES string of the molecule is CC(Cc1ccccn1)NC(=O)c1ccccc1CBr. The van der Waals surface area contributed by atoms with E-state index in [9.17, 15) is 4.79 Å². The molecule has 20 heavy (non-hydrogen) atoms. The van der Waals surface area contributed by atoms with Crippen LogP contribution in [0.2, 0.25) is 0 Å². The van der Waals surface area contributed by atoms with E-state index in [0.29, 0.717) is 5.33 Å². The number of aromatic nitrogens is 1. The van der Waals surface area contributed by atoms with Gasteiger partial charge in [0.2, 0.25) is 0 Å². The molecule has 0 spiro atoms. The fourth-order valence-corrected chi connectivity index (χ4v) is 2.53. The van der Waals surface area contributed by atoms with E-state index in [2.05, 4.69) is 26.2 Å². The number of nitrogens with one attached hydrogen (secondary N) is 1. The van der Waals surface area contributed by atoms with E-state index in [0.717, 1.165) is 23.2 Å². The van der Waals surface area contributed by atoms with Crippen LogP contribution < -0.4 is 5.32 Å². The van der Waals surface area contributed by atoms with E-state index >= 15 is 0 Å². The average molecular weight is 333 g/mol. The standard InChI is InChI=1S/C16H17BrN2O/c1-12(10-14-7-4-5-9-18-14)19-16(20)15-8-3-2-6-13(15)11-17/h2-9,12H,10-11H2,1H3,(H,19,20). The molecular formula is C16H17BrN2O. The van der Waals surface area contributed by atoms with Gasteiger partial charge in [-0.25, -0.2) is 0 Å². The molecule has 0 aliphatic rings. The first-order valence-electron chi connectivity index (χ1n) is 6.55. The normalized spacial score (nSPS) is 11.9. The molecule has 1 heterocycles. The maximum atomic E-state index is 12.3. The van der Waals surface area contributed by atoms with E-state index in [4.69, 9.17) is 0 Å². The molecule has 0 saturated heterocycles. The third-order valence-electron chi connectivity index (χ3n) is 3.02. The van der Waals surface area contributed by atoms with Crippen molar-refractivity contribution in [2.75, 3.05) is 0 Å². The first kappa shape index (κ1) is 14.7. The van der Waals surface area contributed by atoms with Crippen molar-refractivity contribution in [3.8, 4) is 0 Å². The molecule has 1 atom stereocenters. The minimum Gasteiger partial charge on any atom is -0.349 e. The van der Waals surface area contributed by atoms with Gasteiger partial charge in [-0.05, 0) is 30.7 Å². The summed E-state index contributed by atoms with van der Waals surface area (Å²) in [5, 5.41) is 3.69. The summed E-state index contributed by atoms with van der Waals surface area (Å²) < 4.78 is 0. The number of pyridine rings is 1. The van der Waals surface area contributed by atoms with E-state index in [1.807, 2.05) is 49.4 Å². The highest BCUT2D eigenvalue weighted by Crippen LogP contribution is 2.12. The Bertz CT molecular complexity index is 572. The highest BCUT2D eigenvalue weighted by Gasteiger charge is 2.13. The molecule has 0 radical (unpaired) electrons. The van der Waals surface area contributed by atoms with E-state index < -0.39 is 0 Å². The van der Waals surface area contributed by atoms with Crippen LogP contribution >= 0.6 is 15.9 Å². The fraction of sp³-hybridized carbons (Fsp3) is 0.250. The molecule has 2 rings (SSSR count). The van der Waals surface area contributed by atoms with Crippen LogP contribution in [0.4, 0.5) is 0 Å². The molecule has 0 fully saturated rings. The summed E-state index contributed by atoms with van der Waals surface area (Å²) in [5.74, 6) is -0.0384. The van der Waals surface area contributed by atoms with E-state index in [1.54, 1.807) is 6.20 Å². The number of nitrogens with zero attached hydrogens (tertiary/aromatic N) is 1. The zero-order valence-corrected chi connectivity index (χ0v) is 12.9. The first-order chi connectivity index (χ1) is 9.70. The lowest BCUT2D eigenvalue weighted by atomic mass is 10.1. The van der Waals surface area contributed by atoms with Crippen molar-refractivity contribution < 1.29 is 4.79 Å². The first-order valence-corrected chi connectivity index (χ1v) is 7.67. The molecule has 3 nitrogen and oxygen atoms in total. The second-order valence-corrected chi connectivity index (χ2v) is 5.25. The van der Waals surface area contributed by atoms with Crippen LogP contribution in [0.25, 0.3) is 0 Å². The van der Waals surface area contributed by atoms with Gasteiger partial charge in [0.05, 0.1) is 0 Å². The Labute approximate surface area is 127 Å². The lowest BCUT2D eigenvalue weighted by Gasteiger charge is -2.15. The third kappa shape index (κ3) is 3.90. The van der Waals surface area contributed by atoms with Gasteiger partial charge in [0.1, 0.15) is 0 Å². The fourth-order valence-electron chi connectivity index (χ4n) is 2.04. The zero-order valence-electron chi connectivity index (χ0n) is 11.3. The molecular weight excluding hydrogens is 316 g/mol. The summed E-state index contributed by atoms with van der Waals surface area (Å²) in [7, 11) is 0. The quantitative estimate of drug-likeness (QED) is 0.853. The summed E-state index contributed by atoms with van der Waals surface area (Å²) in [6, 6.07) is 13.5. The Morgan fingerprint density at radius 1 is 1.25 bits per heavy atom. The number of amides is 1. The molecule has 1 N–H and O–H groups in total. The van der Waals surface area contributed by atoms with Crippen molar-refractivity contribution in [3.63, 3.8) is 0 Å². The minimum atomic E-state index is -0.0384. The predicted molar refractivity (Wildman–Crippen MR) is 83.9 cm³/mol. The van der Waals surface area contributed by atoms with Crippen LogP contribution in [0.3, 0.4) is 0 Å². The zero-order chi connectivity index (χ0) is 14.4. The average Bonchev–Trinajstić information content (AvgIpc) is 2.48. The number of hydrogen-bond donors (Lipinski definition) is 1. The Kier molecular flexibility index (Phi) is 5.30. The minimum absolute atomic E-state index is 0.0384. The van der Waals surface area contributed by atoms with Crippen molar-refractivity contribution in [3.05, 3.63) is 65.5 Å². The maximum Gasteiger partial charge on any atom is 0.251 e. The molecule has 1 amide bonds. The molecule has 0 aliphatic heterocycles.